The van der Waals surface area contributed by atoms with Crippen molar-refractivity contribution in [2.24, 2.45) is 0 Å². The number of rotatable bonds is 10. The summed E-state index contributed by atoms with van der Waals surface area (Å²) in [5.41, 5.74) is 7.24. The number of benzene rings is 4. The molecule has 258 valence electrons. The van der Waals surface area contributed by atoms with Gasteiger partial charge in [-0.2, -0.15) is 0 Å². The van der Waals surface area contributed by atoms with Crippen LogP contribution in [0.1, 0.15) is 53.6 Å². The summed E-state index contributed by atoms with van der Waals surface area (Å²) < 4.78 is 12.6. The van der Waals surface area contributed by atoms with E-state index in [2.05, 4.69) is 27.8 Å². The zero-order valence-electron chi connectivity index (χ0n) is 28.0. The van der Waals surface area contributed by atoms with Gasteiger partial charge in [-0.05, 0) is 58.4 Å². The number of carbonyl (C=O) groups is 4. The van der Waals surface area contributed by atoms with Crippen molar-refractivity contribution in [2.75, 3.05) is 13.2 Å². The number of imidazole rings is 1. The molecule has 0 aliphatic heterocycles. The molecule has 1 heterocycles. The molecule has 0 unspecified atom stereocenters. The zero-order valence-corrected chi connectivity index (χ0v) is 28.0. The Morgan fingerprint density at radius 3 is 1.67 bits per heavy atom. The van der Waals surface area contributed by atoms with E-state index in [-0.39, 0.29) is 37.2 Å². The predicted octanol–water partition coefficient (Wildman–Crippen LogP) is 6.11. The third-order valence-corrected chi connectivity index (χ3v) is 9.52. The largest absolute Gasteiger partial charge is 0.480 e. The lowest BCUT2D eigenvalue weighted by Crippen LogP contribution is -2.57. The third kappa shape index (κ3) is 6.58. The minimum absolute atomic E-state index is 0.0191. The second-order valence-electron chi connectivity index (χ2n) is 13.2. The summed E-state index contributed by atoms with van der Waals surface area (Å²) in [6.07, 6.45) is 1.02. The van der Waals surface area contributed by atoms with Crippen LogP contribution in [0.5, 0.6) is 0 Å². The van der Waals surface area contributed by atoms with Crippen molar-refractivity contribution in [1.82, 2.24) is 20.2 Å². The van der Waals surface area contributed by atoms with Gasteiger partial charge in [0, 0.05) is 24.5 Å². The van der Waals surface area contributed by atoms with Gasteiger partial charge in [-0.1, -0.05) is 97.1 Å². The highest BCUT2D eigenvalue weighted by molar-refractivity contribution is 5.91. The minimum atomic E-state index is -1.63. The van der Waals surface area contributed by atoms with Crippen LogP contribution in [0, 0.1) is 0 Å². The van der Waals surface area contributed by atoms with Gasteiger partial charge in [0.2, 0.25) is 5.91 Å². The highest BCUT2D eigenvalue weighted by Crippen LogP contribution is 2.45. The molecular formula is C40H36N4O7. The quantitative estimate of drug-likeness (QED) is 0.160. The molecule has 2 aliphatic rings. The number of fused-ring (bicyclic) bond motifs is 6. The summed E-state index contributed by atoms with van der Waals surface area (Å²) >= 11 is 0. The predicted molar refractivity (Wildman–Crippen MR) is 188 cm³/mol. The first-order chi connectivity index (χ1) is 24.6. The number of aromatic nitrogens is 2. The van der Waals surface area contributed by atoms with E-state index >= 15 is 0 Å². The Labute approximate surface area is 294 Å². The Kier molecular flexibility index (Phi) is 8.86. The maximum Gasteiger partial charge on any atom is 0.419 e. The number of aliphatic carboxylic acids is 1. The van der Waals surface area contributed by atoms with Crippen LogP contribution in [0.3, 0.4) is 0 Å². The molecule has 2 amide bonds. The SMILES string of the molecule is CC(C)(NC(=O)[C@H](Cc1cn(C(=O)OCC2c3ccccc3-c3ccccc32)cn1)NC(=O)OCC1c2ccccc2-c2ccccc21)C(=O)O. The van der Waals surface area contributed by atoms with E-state index < -0.39 is 35.6 Å². The van der Waals surface area contributed by atoms with E-state index in [1.807, 2.05) is 84.9 Å². The first-order valence-corrected chi connectivity index (χ1v) is 16.7. The Morgan fingerprint density at radius 1 is 0.745 bits per heavy atom. The molecule has 0 bridgehead atoms. The number of amides is 2. The molecule has 4 aromatic carbocycles. The molecule has 0 fully saturated rings. The van der Waals surface area contributed by atoms with Crippen molar-refractivity contribution >= 4 is 24.1 Å². The number of nitrogens with zero attached hydrogens (tertiary/aromatic N) is 2. The maximum atomic E-state index is 13.4. The standard InChI is InChI=1S/C40H36N4O7/c1-40(2,37(46)47)43-36(45)35(42-38(48)50-21-33-29-15-7-3-11-25(29)26-12-4-8-16-30(26)33)19-24-20-44(23-41-24)39(49)51-22-34-31-17-9-5-13-27(31)28-14-6-10-18-32(28)34/h3-18,20,23,33-35H,19,21-22H2,1-2H3,(H,42,48)(H,43,45)(H,46,47)/t35-/m0/s1. The summed E-state index contributed by atoms with van der Waals surface area (Å²) in [5.74, 6) is -2.34. The number of carbonyl (C=O) groups excluding carboxylic acids is 3. The van der Waals surface area contributed by atoms with Gasteiger partial charge < -0.3 is 25.2 Å². The third-order valence-electron chi connectivity index (χ3n) is 9.52. The lowest BCUT2D eigenvalue weighted by molar-refractivity contribution is -0.146. The summed E-state index contributed by atoms with van der Waals surface area (Å²) in [4.78, 5) is 55.8. The lowest BCUT2D eigenvalue weighted by Gasteiger charge is -2.25. The fourth-order valence-corrected chi connectivity index (χ4v) is 6.89. The Morgan fingerprint density at radius 2 is 1.20 bits per heavy atom. The van der Waals surface area contributed by atoms with E-state index in [1.165, 1.54) is 30.9 Å². The Balaban J connectivity index is 1.03. The van der Waals surface area contributed by atoms with Crippen molar-refractivity contribution in [2.45, 2.75) is 43.7 Å². The molecule has 2 aliphatic carbocycles. The van der Waals surface area contributed by atoms with Gasteiger partial charge in [0.1, 0.15) is 31.1 Å². The molecule has 1 atom stereocenters. The van der Waals surface area contributed by atoms with Gasteiger partial charge in [-0.15, -0.1) is 0 Å². The maximum absolute atomic E-state index is 13.4. The highest BCUT2D eigenvalue weighted by Gasteiger charge is 2.35. The molecular weight excluding hydrogens is 648 g/mol. The van der Waals surface area contributed by atoms with E-state index in [1.54, 1.807) is 0 Å². The second kappa shape index (κ2) is 13.6. The van der Waals surface area contributed by atoms with Crippen molar-refractivity contribution in [3.8, 4) is 22.3 Å². The summed E-state index contributed by atoms with van der Waals surface area (Å²) in [6, 6.07) is 30.6. The molecule has 5 aromatic rings. The van der Waals surface area contributed by atoms with Crippen LogP contribution in [0.2, 0.25) is 0 Å². The van der Waals surface area contributed by atoms with Crippen LogP contribution in [0.4, 0.5) is 9.59 Å². The van der Waals surface area contributed by atoms with Crippen molar-refractivity contribution < 1.29 is 33.8 Å². The van der Waals surface area contributed by atoms with Crippen molar-refractivity contribution in [3.05, 3.63) is 138 Å². The number of alkyl carbamates (subject to hydrolysis) is 1. The molecule has 51 heavy (non-hydrogen) atoms. The van der Waals surface area contributed by atoms with E-state index in [0.29, 0.717) is 0 Å². The van der Waals surface area contributed by atoms with Gasteiger partial charge in [-0.3, -0.25) is 4.79 Å². The van der Waals surface area contributed by atoms with Gasteiger partial charge in [0.25, 0.3) is 0 Å². The average Bonchev–Trinajstić information content (AvgIpc) is 3.82. The van der Waals surface area contributed by atoms with Crippen LogP contribution in [-0.4, -0.2) is 63.5 Å². The second-order valence-corrected chi connectivity index (χ2v) is 13.2. The van der Waals surface area contributed by atoms with Gasteiger partial charge in [0.05, 0.1) is 5.69 Å². The van der Waals surface area contributed by atoms with E-state index in [0.717, 1.165) is 44.5 Å². The minimum Gasteiger partial charge on any atom is -0.480 e. The van der Waals surface area contributed by atoms with Gasteiger partial charge in [-0.25, -0.2) is 23.9 Å². The molecule has 0 spiro atoms. The molecule has 11 nitrogen and oxygen atoms in total. The summed E-state index contributed by atoms with van der Waals surface area (Å²) in [5, 5.41) is 14.7. The lowest BCUT2D eigenvalue weighted by atomic mass is 9.98. The molecule has 7 rings (SSSR count). The number of carboxylic acids is 1. The van der Waals surface area contributed by atoms with Crippen LogP contribution in [0.25, 0.3) is 22.3 Å². The number of carboxylic acid groups (broad SMARTS) is 1. The van der Waals surface area contributed by atoms with Crippen LogP contribution in [-0.2, 0) is 25.5 Å². The Bertz CT molecular complexity index is 2060. The smallest absolute Gasteiger partial charge is 0.419 e. The van der Waals surface area contributed by atoms with Crippen molar-refractivity contribution in [3.63, 3.8) is 0 Å². The number of hydrogen-bond donors (Lipinski definition) is 3. The van der Waals surface area contributed by atoms with E-state index in [4.69, 9.17) is 9.47 Å². The number of hydrogen-bond acceptors (Lipinski definition) is 7. The number of nitrogens with one attached hydrogen (secondary N) is 2. The monoisotopic (exact) mass is 684 g/mol. The first kappa shape index (κ1) is 33.3. The van der Waals surface area contributed by atoms with Crippen molar-refractivity contribution in [1.29, 1.82) is 0 Å². The fourth-order valence-electron chi connectivity index (χ4n) is 6.89. The highest BCUT2D eigenvalue weighted by atomic mass is 16.6. The molecule has 0 saturated heterocycles. The zero-order chi connectivity index (χ0) is 35.7. The van der Waals surface area contributed by atoms with Crippen LogP contribution >= 0.6 is 0 Å². The van der Waals surface area contributed by atoms with E-state index in [9.17, 15) is 24.3 Å². The molecule has 1 aromatic heterocycles. The van der Waals surface area contributed by atoms with Crippen LogP contribution in [0.15, 0.2) is 110 Å². The average molecular weight is 685 g/mol. The molecule has 0 saturated carbocycles. The van der Waals surface area contributed by atoms with Gasteiger partial charge >= 0.3 is 18.2 Å². The molecule has 11 heteroatoms. The first-order valence-electron chi connectivity index (χ1n) is 16.7. The van der Waals surface area contributed by atoms with Crippen LogP contribution < -0.4 is 10.6 Å². The number of ether oxygens (including phenoxy) is 2. The summed E-state index contributed by atoms with van der Waals surface area (Å²) in [7, 11) is 0. The van der Waals surface area contributed by atoms with Gasteiger partial charge in [0.15, 0.2) is 0 Å². The molecule has 0 radical (unpaired) electrons. The fraction of sp³-hybridized carbons (Fsp3) is 0.225. The normalized spacial score (nSPS) is 13.7. The Hall–Kier alpha value is -6.23. The molecule has 3 N–H and O–H groups in total. The topological polar surface area (TPSA) is 149 Å². The summed E-state index contributed by atoms with van der Waals surface area (Å²) in [6.45, 7) is 2.80.